The van der Waals surface area contributed by atoms with Crippen LogP contribution in [0.1, 0.15) is 29.9 Å². The van der Waals surface area contributed by atoms with Gasteiger partial charge in [0.15, 0.2) is 17.8 Å². The molecule has 0 saturated carbocycles. The summed E-state index contributed by atoms with van der Waals surface area (Å²) in [4.78, 5) is 38.8. The molecule has 8 nitrogen and oxygen atoms in total. The molecule has 0 spiro atoms. The van der Waals surface area contributed by atoms with Gasteiger partial charge in [0, 0.05) is 0 Å². The molecule has 1 aliphatic heterocycles. The number of hydrazine groups is 1. The Morgan fingerprint density at radius 3 is 2.19 bits per heavy atom. The number of quaternary nitrogens is 1. The van der Waals surface area contributed by atoms with E-state index < -0.39 is 23.4 Å². The zero-order chi connectivity index (χ0) is 21.8. The van der Waals surface area contributed by atoms with E-state index in [2.05, 4.69) is 10.7 Å². The van der Waals surface area contributed by atoms with Crippen molar-refractivity contribution in [3.05, 3.63) is 95.9 Å². The average molecular weight is 419 g/mol. The standard InChI is InChI=1S/C23H22N4O4/c1-16(19-13-8-14-31-19)24-15-20(28)26-27-21(29)23(25-22(27)30,17-9-4-2-5-10-17)18-11-6-3-7-12-18/h2-14,16,24H,15H2,1H3,(H,25,30)(H,26,28)/p+1/t16-/m0/s1. The first-order chi connectivity index (χ1) is 15.0. The summed E-state index contributed by atoms with van der Waals surface area (Å²) in [5, 5.41) is 5.31. The molecule has 1 aromatic heterocycles. The van der Waals surface area contributed by atoms with E-state index in [9.17, 15) is 14.4 Å². The molecule has 0 unspecified atom stereocenters. The Morgan fingerprint density at radius 1 is 1.03 bits per heavy atom. The predicted molar refractivity (Wildman–Crippen MR) is 111 cm³/mol. The molecule has 4 amide bonds. The van der Waals surface area contributed by atoms with E-state index in [1.807, 2.05) is 25.1 Å². The number of nitrogens with zero attached hydrogens (tertiary/aromatic N) is 1. The summed E-state index contributed by atoms with van der Waals surface area (Å²) < 4.78 is 5.33. The SMILES string of the molecule is C[C@H]([NH2+]CC(=O)NN1C(=O)NC(c2ccccc2)(c2ccccc2)C1=O)c1ccco1. The second kappa shape index (κ2) is 8.45. The van der Waals surface area contributed by atoms with Gasteiger partial charge in [0.25, 0.3) is 11.8 Å². The van der Waals surface area contributed by atoms with Crippen LogP contribution in [0.4, 0.5) is 4.79 Å². The van der Waals surface area contributed by atoms with E-state index in [-0.39, 0.29) is 12.6 Å². The largest absolute Gasteiger partial charge is 0.463 e. The van der Waals surface area contributed by atoms with E-state index in [4.69, 9.17) is 4.42 Å². The number of hydrogen-bond acceptors (Lipinski definition) is 4. The minimum Gasteiger partial charge on any atom is -0.463 e. The number of urea groups is 1. The first-order valence-corrected chi connectivity index (χ1v) is 9.96. The molecule has 0 bridgehead atoms. The maximum Gasteiger partial charge on any atom is 0.344 e. The number of carbonyl (C=O) groups excluding carboxylic acids is 3. The van der Waals surface area contributed by atoms with Crippen LogP contribution in [-0.4, -0.2) is 29.4 Å². The third-order valence-corrected chi connectivity index (χ3v) is 5.32. The van der Waals surface area contributed by atoms with Gasteiger partial charge in [-0.25, -0.2) is 4.79 Å². The Kier molecular flexibility index (Phi) is 5.55. The minimum atomic E-state index is -1.42. The Hall–Kier alpha value is -3.91. The quantitative estimate of drug-likeness (QED) is 0.504. The summed E-state index contributed by atoms with van der Waals surface area (Å²) in [7, 11) is 0. The number of amides is 4. The second-order valence-corrected chi connectivity index (χ2v) is 7.33. The van der Waals surface area contributed by atoms with Gasteiger partial charge >= 0.3 is 6.03 Å². The molecule has 31 heavy (non-hydrogen) atoms. The zero-order valence-corrected chi connectivity index (χ0v) is 16.9. The third kappa shape index (κ3) is 3.80. The van der Waals surface area contributed by atoms with Crippen LogP contribution < -0.4 is 16.1 Å². The average Bonchev–Trinajstić information content (AvgIpc) is 3.42. The third-order valence-electron chi connectivity index (χ3n) is 5.32. The van der Waals surface area contributed by atoms with E-state index >= 15 is 0 Å². The van der Waals surface area contributed by atoms with E-state index in [0.717, 1.165) is 10.8 Å². The van der Waals surface area contributed by atoms with Crippen molar-refractivity contribution in [3.8, 4) is 0 Å². The van der Waals surface area contributed by atoms with Crippen LogP contribution in [0.2, 0.25) is 0 Å². The van der Waals surface area contributed by atoms with E-state index in [1.54, 1.807) is 66.2 Å². The van der Waals surface area contributed by atoms with Crippen molar-refractivity contribution in [1.82, 2.24) is 15.8 Å². The Bertz CT molecular complexity index is 1030. The molecule has 1 atom stereocenters. The van der Waals surface area contributed by atoms with E-state index in [1.165, 1.54) is 0 Å². The van der Waals surface area contributed by atoms with Crippen LogP contribution in [0.15, 0.2) is 83.5 Å². The van der Waals surface area contributed by atoms with Gasteiger partial charge in [-0.15, -0.1) is 0 Å². The maximum atomic E-state index is 13.5. The molecule has 4 rings (SSSR count). The summed E-state index contributed by atoms with van der Waals surface area (Å²) in [5.41, 5.74) is 2.24. The highest BCUT2D eigenvalue weighted by molar-refractivity contribution is 6.10. The molecule has 2 aromatic carbocycles. The monoisotopic (exact) mass is 419 g/mol. The number of nitrogens with two attached hydrogens (primary N) is 1. The summed E-state index contributed by atoms with van der Waals surface area (Å²) in [6.07, 6.45) is 1.57. The minimum absolute atomic E-state index is 0.0165. The summed E-state index contributed by atoms with van der Waals surface area (Å²) in [6, 6.07) is 20.8. The molecule has 158 valence electrons. The molecule has 8 heteroatoms. The van der Waals surface area contributed by atoms with Gasteiger partial charge in [-0.1, -0.05) is 60.7 Å². The van der Waals surface area contributed by atoms with Crippen LogP contribution in [0.3, 0.4) is 0 Å². The van der Waals surface area contributed by atoms with Crippen molar-refractivity contribution in [2.45, 2.75) is 18.5 Å². The van der Waals surface area contributed by atoms with Crippen molar-refractivity contribution >= 4 is 17.8 Å². The number of nitrogens with one attached hydrogen (secondary N) is 2. The number of carbonyl (C=O) groups is 3. The lowest BCUT2D eigenvalue weighted by atomic mass is 9.83. The first kappa shape index (κ1) is 20.4. The second-order valence-electron chi connectivity index (χ2n) is 7.33. The highest BCUT2D eigenvalue weighted by Crippen LogP contribution is 2.35. The number of imide groups is 1. The highest BCUT2D eigenvalue weighted by Gasteiger charge is 2.54. The summed E-state index contributed by atoms with van der Waals surface area (Å²) >= 11 is 0. The Balaban J connectivity index is 1.54. The summed E-state index contributed by atoms with van der Waals surface area (Å²) in [5.74, 6) is -0.309. The van der Waals surface area contributed by atoms with Crippen LogP contribution in [0.25, 0.3) is 0 Å². The van der Waals surface area contributed by atoms with Gasteiger partial charge in [0.2, 0.25) is 0 Å². The zero-order valence-electron chi connectivity index (χ0n) is 16.9. The molecule has 0 aliphatic carbocycles. The summed E-state index contributed by atoms with van der Waals surface area (Å²) in [6.45, 7) is 1.91. The number of rotatable bonds is 7. The molecule has 1 aliphatic rings. The van der Waals surface area contributed by atoms with E-state index in [0.29, 0.717) is 11.1 Å². The maximum absolute atomic E-state index is 13.5. The van der Waals surface area contributed by atoms with Crippen molar-refractivity contribution in [2.24, 2.45) is 0 Å². The molecule has 4 N–H and O–H groups in total. The number of hydrogen-bond donors (Lipinski definition) is 3. The van der Waals surface area contributed by atoms with Gasteiger partial charge in [-0.2, -0.15) is 5.01 Å². The molecular weight excluding hydrogens is 396 g/mol. The van der Waals surface area contributed by atoms with Crippen LogP contribution in [-0.2, 0) is 15.1 Å². The smallest absolute Gasteiger partial charge is 0.344 e. The van der Waals surface area contributed by atoms with Gasteiger partial charge in [-0.05, 0) is 30.2 Å². The molecule has 1 saturated heterocycles. The number of furan rings is 1. The van der Waals surface area contributed by atoms with Gasteiger partial charge < -0.3 is 15.1 Å². The highest BCUT2D eigenvalue weighted by atomic mass is 16.3. The Labute approximate surface area is 179 Å². The van der Waals surface area contributed by atoms with Crippen molar-refractivity contribution in [2.75, 3.05) is 6.54 Å². The van der Waals surface area contributed by atoms with Crippen molar-refractivity contribution < 1.29 is 24.1 Å². The lowest BCUT2D eigenvalue weighted by molar-refractivity contribution is -0.684. The van der Waals surface area contributed by atoms with Crippen molar-refractivity contribution in [3.63, 3.8) is 0 Å². The molecular formula is C23H23N4O4+. The molecule has 2 heterocycles. The molecule has 0 radical (unpaired) electrons. The van der Waals surface area contributed by atoms with Crippen LogP contribution in [0, 0.1) is 0 Å². The van der Waals surface area contributed by atoms with Gasteiger partial charge in [0.1, 0.15) is 6.04 Å². The van der Waals surface area contributed by atoms with Crippen LogP contribution in [0.5, 0.6) is 0 Å². The molecule has 3 aromatic rings. The van der Waals surface area contributed by atoms with Gasteiger partial charge in [-0.3, -0.25) is 15.0 Å². The first-order valence-electron chi connectivity index (χ1n) is 9.96. The fraction of sp³-hybridized carbons (Fsp3) is 0.174. The lowest BCUT2D eigenvalue weighted by Crippen LogP contribution is -2.87. The van der Waals surface area contributed by atoms with Crippen LogP contribution >= 0.6 is 0 Å². The lowest BCUT2D eigenvalue weighted by Gasteiger charge is -2.27. The van der Waals surface area contributed by atoms with Crippen molar-refractivity contribution in [1.29, 1.82) is 0 Å². The topological polar surface area (TPSA) is 108 Å². The fourth-order valence-electron chi connectivity index (χ4n) is 3.69. The number of benzene rings is 2. The normalized spacial score (nSPS) is 16.1. The van der Waals surface area contributed by atoms with Gasteiger partial charge in [0.05, 0.1) is 6.26 Å². The predicted octanol–water partition coefficient (Wildman–Crippen LogP) is 1.43. The Morgan fingerprint density at radius 2 is 1.65 bits per heavy atom. The fourth-order valence-corrected chi connectivity index (χ4v) is 3.69. The molecule has 1 fully saturated rings.